The molecule has 1 saturated heterocycles. The lowest BCUT2D eigenvalue weighted by Crippen LogP contribution is -2.54. The molecule has 0 spiro atoms. The number of halogens is 1. The molecule has 0 bridgehead atoms. The number of fused-ring (bicyclic) bond motifs is 1. The van der Waals surface area contributed by atoms with E-state index in [9.17, 15) is 14.0 Å². The van der Waals surface area contributed by atoms with Crippen LogP contribution in [0.4, 0.5) is 4.39 Å². The summed E-state index contributed by atoms with van der Waals surface area (Å²) in [6, 6.07) is 3.75. The van der Waals surface area contributed by atoms with Crippen molar-refractivity contribution in [3.63, 3.8) is 0 Å². The second kappa shape index (κ2) is 8.31. The van der Waals surface area contributed by atoms with Crippen molar-refractivity contribution in [2.45, 2.75) is 33.2 Å². The Morgan fingerprint density at radius 2 is 1.89 bits per heavy atom. The topological polar surface area (TPSA) is 68.4 Å². The number of likely N-dealkylation sites (N-methyl/N-ethyl adjacent to an activating group) is 1. The zero-order chi connectivity index (χ0) is 20.4. The molecule has 1 unspecified atom stereocenters. The highest BCUT2D eigenvalue weighted by Gasteiger charge is 2.30. The number of nitrogens with one attached hydrogen (secondary N) is 2. The second-order valence-corrected chi connectivity index (χ2v) is 8.10. The molecular formula is C21H29FN4O2. The van der Waals surface area contributed by atoms with Gasteiger partial charge in [-0.2, -0.15) is 0 Å². The number of benzene rings is 1. The van der Waals surface area contributed by atoms with Gasteiger partial charge in [0.2, 0.25) is 5.91 Å². The summed E-state index contributed by atoms with van der Waals surface area (Å²) in [5, 5.41) is 3.46. The van der Waals surface area contributed by atoms with Crippen molar-refractivity contribution in [2.24, 2.45) is 5.92 Å². The van der Waals surface area contributed by atoms with Gasteiger partial charge >= 0.3 is 0 Å². The molecule has 1 aliphatic heterocycles. The van der Waals surface area contributed by atoms with Crippen LogP contribution in [0.2, 0.25) is 0 Å². The number of nitrogens with zero attached hydrogens (tertiary/aromatic N) is 2. The molecule has 1 fully saturated rings. The molecule has 2 amide bonds. The Balaban J connectivity index is 1.83. The van der Waals surface area contributed by atoms with Crippen molar-refractivity contribution >= 4 is 22.7 Å². The Labute approximate surface area is 165 Å². The average Bonchev–Trinajstić information content (AvgIpc) is 2.95. The van der Waals surface area contributed by atoms with Gasteiger partial charge in [0.05, 0.1) is 5.56 Å². The first-order chi connectivity index (χ1) is 13.3. The summed E-state index contributed by atoms with van der Waals surface area (Å²) in [7, 11) is 2.04. The van der Waals surface area contributed by atoms with Crippen LogP contribution < -0.4 is 5.32 Å². The molecule has 6 nitrogen and oxygen atoms in total. The molecule has 3 rings (SSSR count). The average molecular weight is 388 g/mol. The van der Waals surface area contributed by atoms with E-state index < -0.39 is 11.9 Å². The zero-order valence-corrected chi connectivity index (χ0v) is 17.0. The number of H-pyrrole nitrogens is 1. The molecule has 1 aliphatic rings. The minimum Gasteiger partial charge on any atom is -0.358 e. The number of carbonyl (C=O) groups is 2. The van der Waals surface area contributed by atoms with Crippen LogP contribution >= 0.6 is 0 Å². The van der Waals surface area contributed by atoms with Gasteiger partial charge in [-0.05, 0) is 44.5 Å². The van der Waals surface area contributed by atoms with Gasteiger partial charge in [0.25, 0.3) is 5.91 Å². The molecule has 2 aromatic rings. The maximum Gasteiger partial charge on any atom is 0.254 e. The normalized spacial score (nSPS) is 16.6. The third-order valence-corrected chi connectivity index (χ3v) is 5.30. The number of rotatable bonds is 5. The second-order valence-electron chi connectivity index (χ2n) is 8.10. The number of aryl methyl sites for hydroxylation is 1. The Bertz CT molecular complexity index is 869. The minimum atomic E-state index is -0.589. The van der Waals surface area contributed by atoms with E-state index in [0.717, 1.165) is 13.1 Å². The molecule has 7 heteroatoms. The van der Waals surface area contributed by atoms with Gasteiger partial charge in [0, 0.05) is 42.8 Å². The molecule has 1 aromatic carbocycles. The number of aromatic nitrogens is 1. The summed E-state index contributed by atoms with van der Waals surface area (Å²) < 4.78 is 13.7. The summed E-state index contributed by atoms with van der Waals surface area (Å²) in [5.74, 6) is -0.530. The fourth-order valence-corrected chi connectivity index (χ4v) is 3.76. The third kappa shape index (κ3) is 4.35. The molecule has 0 radical (unpaired) electrons. The number of hydrogen-bond acceptors (Lipinski definition) is 3. The van der Waals surface area contributed by atoms with E-state index in [0.29, 0.717) is 41.7 Å². The van der Waals surface area contributed by atoms with Gasteiger partial charge in [0.1, 0.15) is 11.9 Å². The van der Waals surface area contributed by atoms with Crippen LogP contribution in [0.3, 0.4) is 0 Å². The molecule has 2 heterocycles. The van der Waals surface area contributed by atoms with Crippen molar-refractivity contribution in [1.29, 1.82) is 0 Å². The first-order valence-corrected chi connectivity index (χ1v) is 9.82. The molecule has 1 aromatic heterocycles. The summed E-state index contributed by atoms with van der Waals surface area (Å²) in [6.07, 6.45) is 0.562. The number of aromatic amines is 1. The number of amides is 2. The Morgan fingerprint density at radius 3 is 2.54 bits per heavy atom. The van der Waals surface area contributed by atoms with E-state index in [4.69, 9.17) is 0 Å². The number of piperazine rings is 1. The van der Waals surface area contributed by atoms with Gasteiger partial charge in [-0.1, -0.05) is 13.8 Å². The van der Waals surface area contributed by atoms with E-state index in [-0.39, 0.29) is 17.7 Å². The van der Waals surface area contributed by atoms with Crippen molar-refractivity contribution in [1.82, 2.24) is 20.1 Å². The molecule has 1 atom stereocenters. The van der Waals surface area contributed by atoms with Crippen molar-refractivity contribution in [2.75, 3.05) is 33.2 Å². The van der Waals surface area contributed by atoms with Crippen molar-refractivity contribution in [3.8, 4) is 0 Å². The molecular weight excluding hydrogens is 359 g/mol. The maximum absolute atomic E-state index is 13.7. The summed E-state index contributed by atoms with van der Waals surface area (Å²) in [6.45, 7) is 8.83. The Kier molecular flexibility index (Phi) is 6.03. The van der Waals surface area contributed by atoms with Crippen LogP contribution in [0.25, 0.3) is 10.9 Å². The van der Waals surface area contributed by atoms with Crippen LogP contribution in [0.15, 0.2) is 18.2 Å². The van der Waals surface area contributed by atoms with E-state index in [1.165, 1.54) is 12.1 Å². The molecule has 2 N–H and O–H groups in total. The standard InChI is InChI=1S/C21H29FN4O2/c1-13(2)11-18(21(28)26-9-7-25(4)8-10-26)24-20(27)19-14(3)23-17-6-5-15(22)12-16(17)19/h5-6,12-13,18,23H,7-11H2,1-4H3,(H,24,27). The monoisotopic (exact) mass is 388 g/mol. The first kappa shape index (κ1) is 20.3. The molecule has 0 saturated carbocycles. The fraction of sp³-hybridized carbons (Fsp3) is 0.524. The molecule has 28 heavy (non-hydrogen) atoms. The van der Waals surface area contributed by atoms with Gasteiger partial charge in [-0.25, -0.2) is 4.39 Å². The van der Waals surface area contributed by atoms with Crippen LogP contribution in [0, 0.1) is 18.7 Å². The first-order valence-electron chi connectivity index (χ1n) is 9.82. The zero-order valence-electron chi connectivity index (χ0n) is 17.0. The van der Waals surface area contributed by atoms with Crippen molar-refractivity contribution in [3.05, 3.63) is 35.3 Å². The van der Waals surface area contributed by atoms with Gasteiger partial charge < -0.3 is 20.1 Å². The Hall–Kier alpha value is -2.41. The van der Waals surface area contributed by atoms with E-state index in [2.05, 4.69) is 15.2 Å². The third-order valence-electron chi connectivity index (χ3n) is 5.30. The number of carbonyl (C=O) groups excluding carboxylic acids is 2. The summed E-state index contributed by atoms with van der Waals surface area (Å²) in [4.78, 5) is 33.3. The summed E-state index contributed by atoms with van der Waals surface area (Å²) in [5.41, 5.74) is 1.76. The predicted molar refractivity (Wildman–Crippen MR) is 108 cm³/mol. The van der Waals surface area contributed by atoms with Gasteiger partial charge in [-0.15, -0.1) is 0 Å². The van der Waals surface area contributed by atoms with Crippen LogP contribution in [0.1, 0.15) is 36.3 Å². The van der Waals surface area contributed by atoms with Gasteiger partial charge in [-0.3, -0.25) is 9.59 Å². The largest absolute Gasteiger partial charge is 0.358 e. The molecule has 0 aliphatic carbocycles. The van der Waals surface area contributed by atoms with Crippen LogP contribution in [0.5, 0.6) is 0 Å². The molecule has 152 valence electrons. The SMILES string of the molecule is Cc1[nH]c2ccc(F)cc2c1C(=O)NC(CC(C)C)C(=O)N1CCN(C)CC1. The number of hydrogen-bond donors (Lipinski definition) is 2. The predicted octanol–water partition coefficient (Wildman–Crippen LogP) is 2.53. The van der Waals surface area contributed by atoms with E-state index in [1.807, 2.05) is 25.8 Å². The smallest absolute Gasteiger partial charge is 0.254 e. The highest BCUT2D eigenvalue weighted by molar-refractivity contribution is 6.09. The lowest BCUT2D eigenvalue weighted by molar-refractivity contribution is -0.135. The minimum absolute atomic E-state index is 0.0428. The highest BCUT2D eigenvalue weighted by Crippen LogP contribution is 2.23. The fourth-order valence-electron chi connectivity index (χ4n) is 3.76. The maximum atomic E-state index is 13.7. The quantitative estimate of drug-likeness (QED) is 0.827. The van der Waals surface area contributed by atoms with Gasteiger partial charge in [0.15, 0.2) is 0 Å². The van der Waals surface area contributed by atoms with Crippen LogP contribution in [-0.2, 0) is 4.79 Å². The lowest BCUT2D eigenvalue weighted by atomic mass is 10.0. The lowest BCUT2D eigenvalue weighted by Gasteiger charge is -2.35. The van der Waals surface area contributed by atoms with E-state index in [1.54, 1.807) is 13.0 Å². The van der Waals surface area contributed by atoms with Crippen molar-refractivity contribution < 1.29 is 14.0 Å². The van der Waals surface area contributed by atoms with Crippen LogP contribution in [-0.4, -0.2) is 65.9 Å². The Morgan fingerprint density at radius 1 is 1.21 bits per heavy atom. The highest BCUT2D eigenvalue weighted by atomic mass is 19.1. The van der Waals surface area contributed by atoms with E-state index >= 15 is 0 Å². The summed E-state index contributed by atoms with van der Waals surface area (Å²) >= 11 is 0.